The molecule has 0 radical (unpaired) electrons. The smallest absolute Gasteiger partial charge is 0.115 e. The van der Waals surface area contributed by atoms with Gasteiger partial charge >= 0.3 is 0 Å². The molecular formula is C11H17NO2. The number of rotatable bonds is 4. The van der Waals surface area contributed by atoms with Crippen molar-refractivity contribution in [2.75, 3.05) is 13.7 Å². The summed E-state index contributed by atoms with van der Waals surface area (Å²) in [6, 6.07) is 7.07. The Balaban J connectivity index is 2.64. The summed E-state index contributed by atoms with van der Waals surface area (Å²) in [6.07, 6.45) is 0.737. The number of hydrogen-bond acceptors (Lipinski definition) is 3. The number of methoxy groups -OCH3 is 1. The van der Waals surface area contributed by atoms with E-state index in [1.165, 1.54) is 0 Å². The Morgan fingerprint density at radius 2 is 1.93 bits per heavy atom. The molecule has 0 amide bonds. The Morgan fingerprint density at radius 1 is 1.36 bits per heavy atom. The Morgan fingerprint density at radius 3 is 2.43 bits per heavy atom. The van der Waals surface area contributed by atoms with Crippen molar-refractivity contribution in [3.05, 3.63) is 29.8 Å². The lowest BCUT2D eigenvalue weighted by molar-refractivity contribution is 0.141. The van der Waals surface area contributed by atoms with E-state index < -0.39 is 0 Å². The van der Waals surface area contributed by atoms with Gasteiger partial charge in [-0.3, -0.25) is 0 Å². The predicted octanol–water partition coefficient (Wildman–Crippen LogP) is 1.30. The molecular weight excluding hydrogens is 178 g/mol. The van der Waals surface area contributed by atoms with Crippen LogP contribution in [0.3, 0.4) is 0 Å². The van der Waals surface area contributed by atoms with E-state index in [4.69, 9.17) is 15.6 Å². The summed E-state index contributed by atoms with van der Waals surface area (Å²) in [6.45, 7) is 2.47. The summed E-state index contributed by atoms with van der Waals surface area (Å²) in [5, 5.41) is 9.10. The molecule has 0 aliphatic carbocycles. The van der Waals surface area contributed by atoms with Gasteiger partial charge in [-0.15, -0.1) is 0 Å². The van der Waals surface area contributed by atoms with Crippen LogP contribution >= 0.6 is 0 Å². The Bertz CT molecular complexity index is 280. The van der Waals surface area contributed by atoms with Gasteiger partial charge in [-0.05, 0) is 31.0 Å². The van der Waals surface area contributed by atoms with Crippen LogP contribution in [-0.2, 0) is 11.2 Å². The molecule has 0 aliphatic heterocycles. The van der Waals surface area contributed by atoms with Crippen LogP contribution < -0.4 is 5.73 Å². The van der Waals surface area contributed by atoms with Gasteiger partial charge in [0.25, 0.3) is 0 Å². The minimum Gasteiger partial charge on any atom is -0.508 e. The number of phenols is 1. The number of hydrogen-bond donors (Lipinski definition) is 2. The zero-order valence-electron chi connectivity index (χ0n) is 8.66. The van der Waals surface area contributed by atoms with E-state index in [9.17, 15) is 0 Å². The molecule has 0 aliphatic rings. The first-order valence-corrected chi connectivity index (χ1v) is 4.59. The van der Waals surface area contributed by atoms with Gasteiger partial charge in [-0.1, -0.05) is 12.1 Å². The Kier molecular flexibility index (Phi) is 3.49. The van der Waals surface area contributed by atoms with Crippen molar-refractivity contribution in [2.24, 2.45) is 5.73 Å². The third-order valence-corrected chi connectivity index (χ3v) is 2.02. The average molecular weight is 195 g/mol. The van der Waals surface area contributed by atoms with Crippen molar-refractivity contribution in [1.29, 1.82) is 0 Å². The molecule has 1 aromatic carbocycles. The molecule has 0 spiro atoms. The monoisotopic (exact) mass is 195 g/mol. The normalized spacial score (nSPS) is 15.1. The van der Waals surface area contributed by atoms with Crippen LogP contribution in [0, 0.1) is 0 Å². The zero-order chi connectivity index (χ0) is 10.6. The summed E-state index contributed by atoms with van der Waals surface area (Å²) in [4.78, 5) is 0. The Labute approximate surface area is 84.5 Å². The first-order valence-electron chi connectivity index (χ1n) is 4.59. The fraction of sp³-hybridized carbons (Fsp3) is 0.455. The molecule has 1 atom stereocenters. The van der Waals surface area contributed by atoms with E-state index in [0.717, 1.165) is 12.0 Å². The standard InChI is InChI=1S/C11H17NO2/c1-11(12,8-14-2)7-9-3-5-10(13)6-4-9/h3-6,13H,7-8,12H2,1-2H3. The number of phenolic OH excluding ortho intramolecular Hbond substituents is 1. The van der Waals surface area contributed by atoms with Crippen LogP contribution in [0.4, 0.5) is 0 Å². The molecule has 14 heavy (non-hydrogen) atoms. The highest BCUT2D eigenvalue weighted by Gasteiger charge is 2.18. The fourth-order valence-corrected chi connectivity index (χ4v) is 1.46. The number of ether oxygens (including phenoxy) is 1. The molecule has 3 nitrogen and oxygen atoms in total. The first-order chi connectivity index (χ1) is 6.53. The molecule has 3 heteroatoms. The maximum Gasteiger partial charge on any atom is 0.115 e. The second-order valence-electron chi connectivity index (χ2n) is 3.93. The van der Waals surface area contributed by atoms with Crippen molar-refractivity contribution in [3.63, 3.8) is 0 Å². The van der Waals surface area contributed by atoms with Crippen LogP contribution in [-0.4, -0.2) is 24.4 Å². The van der Waals surface area contributed by atoms with Gasteiger partial charge in [0.15, 0.2) is 0 Å². The minimum absolute atomic E-state index is 0.277. The average Bonchev–Trinajstić information content (AvgIpc) is 2.08. The Hall–Kier alpha value is -1.06. The molecule has 0 saturated heterocycles. The third-order valence-electron chi connectivity index (χ3n) is 2.02. The SMILES string of the molecule is COCC(C)(N)Cc1ccc(O)cc1. The van der Waals surface area contributed by atoms with E-state index in [1.54, 1.807) is 19.2 Å². The van der Waals surface area contributed by atoms with Crippen molar-refractivity contribution in [3.8, 4) is 5.75 Å². The minimum atomic E-state index is -0.355. The summed E-state index contributed by atoms with van der Waals surface area (Å²) >= 11 is 0. The van der Waals surface area contributed by atoms with Crippen molar-refractivity contribution in [2.45, 2.75) is 18.9 Å². The van der Waals surface area contributed by atoms with Gasteiger partial charge in [0.1, 0.15) is 5.75 Å². The summed E-state index contributed by atoms with van der Waals surface area (Å²) in [5.41, 5.74) is 6.76. The molecule has 3 N–H and O–H groups in total. The highest BCUT2D eigenvalue weighted by molar-refractivity contribution is 5.27. The van der Waals surface area contributed by atoms with Gasteiger partial charge in [0.2, 0.25) is 0 Å². The van der Waals surface area contributed by atoms with Crippen LogP contribution in [0.25, 0.3) is 0 Å². The molecule has 1 rings (SSSR count). The highest BCUT2D eigenvalue weighted by atomic mass is 16.5. The zero-order valence-corrected chi connectivity index (χ0v) is 8.66. The van der Waals surface area contributed by atoms with Crippen molar-refractivity contribution < 1.29 is 9.84 Å². The van der Waals surface area contributed by atoms with Crippen LogP contribution in [0.1, 0.15) is 12.5 Å². The van der Waals surface area contributed by atoms with E-state index in [1.807, 2.05) is 19.1 Å². The van der Waals surface area contributed by atoms with Crippen molar-refractivity contribution >= 4 is 0 Å². The number of nitrogens with two attached hydrogens (primary N) is 1. The quantitative estimate of drug-likeness (QED) is 0.761. The number of benzene rings is 1. The third kappa shape index (κ3) is 3.36. The lowest BCUT2D eigenvalue weighted by Gasteiger charge is -2.23. The second-order valence-corrected chi connectivity index (χ2v) is 3.93. The van der Waals surface area contributed by atoms with Crippen LogP contribution in [0.15, 0.2) is 24.3 Å². The van der Waals surface area contributed by atoms with E-state index in [0.29, 0.717) is 6.61 Å². The first kappa shape index (κ1) is 11.0. The molecule has 0 heterocycles. The van der Waals surface area contributed by atoms with Gasteiger partial charge in [-0.2, -0.15) is 0 Å². The topological polar surface area (TPSA) is 55.5 Å². The van der Waals surface area contributed by atoms with Crippen LogP contribution in [0.2, 0.25) is 0 Å². The number of aromatic hydroxyl groups is 1. The molecule has 0 aromatic heterocycles. The van der Waals surface area contributed by atoms with E-state index in [-0.39, 0.29) is 11.3 Å². The van der Waals surface area contributed by atoms with E-state index >= 15 is 0 Å². The largest absolute Gasteiger partial charge is 0.508 e. The summed E-state index contributed by atoms with van der Waals surface area (Å²) < 4.78 is 5.03. The molecule has 1 aromatic rings. The molecule has 0 bridgehead atoms. The molecule has 0 saturated carbocycles. The summed E-state index contributed by atoms with van der Waals surface area (Å²) in [5.74, 6) is 0.277. The van der Waals surface area contributed by atoms with E-state index in [2.05, 4.69) is 0 Å². The van der Waals surface area contributed by atoms with Gasteiger partial charge in [-0.25, -0.2) is 0 Å². The molecule has 78 valence electrons. The highest BCUT2D eigenvalue weighted by Crippen LogP contribution is 2.14. The van der Waals surface area contributed by atoms with Gasteiger partial charge in [0.05, 0.1) is 6.61 Å². The summed E-state index contributed by atoms with van der Waals surface area (Å²) in [7, 11) is 1.64. The molecule has 1 unspecified atom stereocenters. The van der Waals surface area contributed by atoms with Gasteiger partial charge < -0.3 is 15.6 Å². The van der Waals surface area contributed by atoms with Gasteiger partial charge in [0, 0.05) is 12.6 Å². The second kappa shape index (κ2) is 4.44. The maximum atomic E-state index is 9.10. The lowest BCUT2D eigenvalue weighted by Crippen LogP contribution is -2.43. The predicted molar refractivity (Wildman–Crippen MR) is 56.3 cm³/mol. The maximum absolute atomic E-state index is 9.10. The lowest BCUT2D eigenvalue weighted by atomic mass is 9.95. The van der Waals surface area contributed by atoms with Crippen LogP contribution in [0.5, 0.6) is 5.75 Å². The fourth-order valence-electron chi connectivity index (χ4n) is 1.46. The van der Waals surface area contributed by atoms with Crippen molar-refractivity contribution in [1.82, 2.24) is 0 Å². The molecule has 0 fully saturated rings.